The van der Waals surface area contributed by atoms with Crippen molar-refractivity contribution >= 4 is 6.09 Å². The van der Waals surface area contributed by atoms with Crippen molar-refractivity contribution in [2.75, 3.05) is 13.7 Å². The fourth-order valence-corrected chi connectivity index (χ4v) is 2.68. The highest BCUT2D eigenvalue weighted by atomic mass is 16.5. The number of ether oxygens (including phenoxy) is 2. The van der Waals surface area contributed by atoms with Crippen LogP contribution in [-0.2, 0) is 4.74 Å². The number of hydrogen-bond acceptors (Lipinski definition) is 5. The first-order valence-electron chi connectivity index (χ1n) is 8.55. The van der Waals surface area contributed by atoms with E-state index in [9.17, 15) is 10.1 Å². The molecule has 0 aliphatic carbocycles. The molecule has 27 heavy (non-hydrogen) atoms. The molecule has 0 saturated carbocycles. The Kier molecular flexibility index (Phi) is 7.15. The van der Waals surface area contributed by atoms with Gasteiger partial charge in [-0.05, 0) is 55.7 Å². The molecule has 1 aromatic carbocycles. The topological polar surface area (TPSA) is 104 Å². The minimum atomic E-state index is -1.13. The van der Waals surface area contributed by atoms with Crippen LogP contribution in [0.15, 0.2) is 36.5 Å². The lowest BCUT2D eigenvalue weighted by molar-refractivity contribution is 0.0910. The highest BCUT2D eigenvalue weighted by molar-refractivity contribution is 5.67. The summed E-state index contributed by atoms with van der Waals surface area (Å²) in [5.41, 5.74) is 3.12. The van der Waals surface area contributed by atoms with Gasteiger partial charge in [0.1, 0.15) is 18.4 Å². The lowest BCUT2D eigenvalue weighted by Gasteiger charge is -2.21. The monoisotopic (exact) mass is 369 g/mol. The molecule has 1 aromatic heterocycles. The first kappa shape index (κ1) is 20.2. The molecule has 7 heteroatoms. The van der Waals surface area contributed by atoms with Crippen LogP contribution in [0.1, 0.15) is 24.6 Å². The molecule has 2 aromatic rings. The molecule has 0 saturated heterocycles. The quantitative estimate of drug-likeness (QED) is 0.739. The van der Waals surface area contributed by atoms with E-state index in [0.717, 1.165) is 16.8 Å². The lowest BCUT2D eigenvalue weighted by Crippen LogP contribution is -2.40. The van der Waals surface area contributed by atoms with Crippen LogP contribution in [0.3, 0.4) is 0 Å². The number of hydrogen-bond donors (Lipinski definition) is 2. The van der Waals surface area contributed by atoms with Crippen LogP contribution in [0.25, 0.3) is 11.1 Å². The Morgan fingerprint density at radius 3 is 2.70 bits per heavy atom. The fourth-order valence-electron chi connectivity index (χ4n) is 2.68. The Bertz CT molecular complexity index is 832. The third-order valence-electron chi connectivity index (χ3n) is 4.12. The van der Waals surface area contributed by atoms with E-state index in [4.69, 9.17) is 14.6 Å². The first-order chi connectivity index (χ1) is 12.9. The average Bonchev–Trinajstić information content (AvgIpc) is 2.65. The van der Waals surface area contributed by atoms with Gasteiger partial charge in [-0.1, -0.05) is 6.07 Å². The summed E-state index contributed by atoms with van der Waals surface area (Å²) in [6.07, 6.45) is 0.924. The molecular formula is C20H23N3O4. The molecule has 0 radical (unpaired) electrons. The maximum Gasteiger partial charge on any atom is 0.404 e. The van der Waals surface area contributed by atoms with Gasteiger partial charge < -0.3 is 19.9 Å². The Hall–Kier alpha value is -3.11. The highest BCUT2D eigenvalue weighted by Crippen LogP contribution is 2.26. The molecule has 2 unspecified atom stereocenters. The molecule has 0 fully saturated rings. The Labute approximate surface area is 158 Å². The normalized spacial score (nSPS) is 12.7. The number of nitriles is 1. The maximum absolute atomic E-state index is 11.0. The van der Waals surface area contributed by atoms with Crippen LogP contribution in [0.2, 0.25) is 0 Å². The zero-order valence-electron chi connectivity index (χ0n) is 15.6. The fraction of sp³-hybridized carbons (Fsp3) is 0.350. The van der Waals surface area contributed by atoms with Gasteiger partial charge in [0.2, 0.25) is 0 Å². The number of methoxy groups -OCH3 is 1. The van der Waals surface area contributed by atoms with Crippen molar-refractivity contribution in [1.29, 1.82) is 5.26 Å². The minimum absolute atomic E-state index is 0.0996. The van der Waals surface area contributed by atoms with Crippen LogP contribution in [0.4, 0.5) is 4.79 Å². The van der Waals surface area contributed by atoms with E-state index in [1.54, 1.807) is 25.4 Å². The van der Waals surface area contributed by atoms with Crippen LogP contribution >= 0.6 is 0 Å². The second kappa shape index (κ2) is 9.55. The molecule has 0 aliphatic rings. The number of carboxylic acid groups (broad SMARTS) is 1. The number of aryl methyl sites for hydroxylation is 1. The lowest BCUT2D eigenvalue weighted by atomic mass is 10.0. The van der Waals surface area contributed by atoms with E-state index in [1.165, 1.54) is 0 Å². The summed E-state index contributed by atoms with van der Waals surface area (Å²) in [4.78, 5) is 15.2. The van der Waals surface area contributed by atoms with E-state index < -0.39 is 12.1 Å². The predicted molar refractivity (Wildman–Crippen MR) is 101 cm³/mol. The molecule has 2 N–H and O–H groups in total. The third kappa shape index (κ3) is 5.97. The van der Waals surface area contributed by atoms with Crippen LogP contribution in [0.5, 0.6) is 5.75 Å². The van der Waals surface area contributed by atoms with Crippen molar-refractivity contribution in [3.8, 4) is 22.9 Å². The van der Waals surface area contributed by atoms with E-state index in [2.05, 4.69) is 16.4 Å². The number of carbonyl (C=O) groups is 1. The van der Waals surface area contributed by atoms with Crippen molar-refractivity contribution in [1.82, 2.24) is 10.3 Å². The number of pyridine rings is 1. The van der Waals surface area contributed by atoms with Gasteiger partial charge in [0, 0.05) is 19.0 Å². The highest BCUT2D eigenvalue weighted by Gasteiger charge is 2.17. The summed E-state index contributed by atoms with van der Waals surface area (Å²) in [5.74, 6) is 0.411. The van der Waals surface area contributed by atoms with Crippen molar-refractivity contribution in [2.24, 2.45) is 0 Å². The summed E-state index contributed by atoms with van der Waals surface area (Å²) in [5, 5.41) is 20.9. The van der Waals surface area contributed by atoms with Crippen molar-refractivity contribution in [3.05, 3.63) is 47.8 Å². The number of nitrogens with one attached hydrogen (secondary N) is 1. The summed E-state index contributed by atoms with van der Waals surface area (Å²) in [7, 11) is 1.57. The molecule has 0 spiro atoms. The largest absolute Gasteiger partial charge is 0.490 e. The molecule has 1 heterocycles. The number of nitrogens with zero attached hydrogens (tertiary/aromatic N) is 2. The van der Waals surface area contributed by atoms with E-state index >= 15 is 0 Å². The Morgan fingerprint density at radius 1 is 1.33 bits per heavy atom. The summed E-state index contributed by atoms with van der Waals surface area (Å²) < 4.78 is 10.9. The smallest absolute Gasteiger partial charge is 0.404 e. The Balaban J connectivity index is 2.15. The molecule has 0 bridgehead atoms. The maximum atomic E-state index is 11.0. The molecule has 2 rings (SSSR count). The van der Waals surface area contributed by atoms with Gasteiger partial charge in [0.15, 0.2) is 0 Å². The van der Waals surface area contributed by atoms with Crippen molar-refractivity contribution in [2.45, 2.75) is 32.4 Å². The number of amides is 1. The molecule has 2 atom stereocenters. The van der Waals surface area contributed by atoms with Gasteiger partial charge in [-0.3, -0.25) is 4.98 Å². The van der Waals surface area contributed by atoms with E-state index in [0.29, 0.717) is 17.7 Å². The van der Waals surface area contributed by atoms with E-state index in [1.807, 2.05) is 32.0 Å². The van der Waals surface area contributed by atoms with Crippen molar-refractivity contribution in [3.63, 3.8) is 0 Å². The van der Waals surface area contributed by atoms with Gasteiger partial charge in [-0.25, -0.2) is 4.79 Å². The molecular weight excluding hydrogens is 346 g/mol. The van der Waals surface area contributed by atoms with Crippen LogP contribution in [0, 0.1) is 18.3 Å². The predicted octanol–water partition coefficient (Wildman–Crippen LogP) is 3.37. The first-order valence-corrected chi connectivity index (χ1v) is 8.55. The van der Waals surface area contributed by atoms with Crippen LogP contribution < -0.4 is 10.1 Å². The van der Waals surface area contributed by atoms with Gasteiger partial charge in [0.05, 0.1) is 17.7 Å². The molecule has 142 valence electrons. The number of aromatic nitrogens is 1. The molecule has 0 aliphatic heterocycles. The summed E-state index contributed by atoms with van der Waals surface area (Å²) >= 11 is 0. The second-order valence-corrected chi connectivity index (χ2v) is 6.25. The van der Waals surface area contributed by atoms with Gasteiger partial charge >= 0.3 is 6.09 Å². The number of benzene rings is 1. The standard InChI is InChI=1S/C20H23N3O4/c1-13-8-16(6-7-22-13)15-4-5-19(17(10-15)11-21)27-12-18(23-20(24)25)9-14(2)26-3/h4-8,10,14,18,23H,9,12H2,1-3H3,(H,24,25). The van der Waals surface area contributed by atoms with Crippen LogP contribution in [-0.4, -0.2) is 42.0 Å². The molecule has 7 nitrogen and oxygen atoms in total. The number of rotatable bonds is 8. The average molecular weight is 369 g/mol. The summed E-state index contributed by atoms with van der Waals surface area (Å²) in [6, 6.07) is 10.8. The minimum Gasteiger partial charge on any atom is -0.490 e. The summed E-state index contributed by atoms with van der Waals surface area (Å²) in [6.45, 7) is 3.86. The second-order valence-electron chi connectivity index (χ2n) is 6.25. The zero-order chi connectivity index (χ0) is 19.8. The Morgan fingerprint density at radius 2 is 2.07 bits per heavy atom. The SMILES string of the molecule is COC(C)CC(COc1ccc(-c2ccnc(C)c2)cc1C#N)NC(=O)O. The third-order valence-corrected chi connectivity index (χ3v) is 4.12. The zero-order valence-corrected chi connectivity index (χ0v) is 15.6. The molecule has 1 amide bonds. The van der Waals surface area contributed by atoms with Crippen molar-refractivity contribution < 1.29 is 19.4 Å². The van der Waals surface area contributed by atoms with Gasteiger partial charge in [-0.15, -0.1) is 0 Å². The van der Waals surface area contributed by atoms with Gasteiger partial charge in [0.25, 0.3) is 0 Å². The van der Waals surface area contributed by atoms with E-state index in [-0.39, 0.29) is 12.7 Å². The van der Waals surface area contributed by atoms with Gasteiger partial charge in [-0.2, -0.15) is 5.26 Å².